The van der Waals surface area contributed by atoms with Gasteiger partial charge in [0.05, 0.1) is 28.7 Å². The molecule has 8 nitrogen and oxygen atoms in total. The van der Waals surface area contributed by atoms with Crippen LogP contribution >= 0.6 is 11.6 Å². The van der Waals surface area contributed by atoms with Crippen LogP contribution in [0.2, 0.25) is 5.02 Å². The van der Waals surface area contributed by atoms with Crippen LogP contribution in [0.1, 0.15) is 23.7 Å². The monoisotopic (exact) mass is 491 g/mol. The van der Waals surface area contributed by atoms with Crippen LogP contribution in [0.15, 0.2) is 60.8 Å². The average Bonchev–Trinajstić information content (AvgIpc) is 3.21. The first-order chi connectivity index (χ1) is 17.0. The van der Waals surface area contributed by atoms with Crippen molar-refractivity contribution >= 4 is 51.7 Å². The van der Waals surface area contributed by atoms with Crippen LogP contribution in [0.3, 0.4) is 0 Å². The van der Waals surface area contributed by atoms with Crippen LogP contribution < -0.4 is 10.2 Å². The molecule has 180 valence electrons. The molecule has 9 heteroatoms. The van der Waals surface area contributed by atoms with Gasteiger partial charge in [-0.25, -0.2) is 14.6 Å². The molecular weight excluding hydrogens is 466 g/mol. The summed E-state index contributed by atoms with van der Waals surface area (Å²) in [4.78, 5) is 33.8. The van der Waals surface area contributed by atoms with Crippen molar-refractivity contribution in [2.75, 3.05) is 43.0 Å². The molecule has 2 aromatic heterocycles. The predicted octanol–water partition coefficient (Wildman–Crippen LogP) is 5.06. The van der Waals surface area contributed by atoms with Gasteiger partial charge in [-0.3, -0.25) is 0 Å². The molecule has 0 aliphatic carbocycles. The molecule has 5 rings (SSSR count). The first-order valence-electron chi connectivity index (χ1n) is 11.7. The highest BCUT2D eigenvalue weighted by atomic mass is 35.5. The number of carbonyl (C=O) groups excluding carboxylic acids is 2. The fourth-order valence-corrected chi connectivity index (χ4v) is 4.57. The maximum absolute atomic E-state index is 12.9. The summed E-state index contributed by atoms with van der Waals surface area (Å²) in [6, 6.07) is 16.4. The first kappa shape index (κ1) is 23.0. The fraction of sp³-hybridized carbons (Fsp3) is 0.269. The van der Waals surface area contributed by atoms with E-state index in [2.05, 4.69) is 20.7 Å². The van der Waals surface area contributed by atoms with E-state index in [4.69, 9.17) is 21.3 Å². The third-order valence-corrected chi connectivity index (χ3v) is 6.37. The van der Waals surface area contributed by atoms with Crippen LogP contribution in [0.5, 0.6) is 0 Å². The van der Waals surface area contributed by atoms with Gasteiger partial charge in [-0.05, 0) is 67.9 Å². The minimum absolute atomic E-state index is 0.165. The minimum atomic E-state index is -0.375. The van der Waals surface area contributed by atoms with E-state index in [1.54, 1.807) is 31.2 Å². The molecule has 35 heavy (non-hydrogen) atoms. The number of esters is 1. The number of nitrogens with zero attached hydrogens (tertiary/aromatic N) is 4. The normalized spacial score (nSPS) is 14.2. The third kappa shape index (κ3) is 4.74. The number of hydrogen-bond acceptors (Lipinski definition) is 5. The van der Waals surface area contributed by atoms with Gasteiger partial charge in [0.2, 0.25) is 0 Å². The lowest BCUT2D eigenvalue weighted by Gasteiger charge is -2.24. The molecule has 0 bridgehead atoms. The largest absolute Gasteiger partial charge is 0.462 e. The van der Waals surface area contributed by atoms with Crippen molar-refractivity contribution < 1.29 is 14.3 Å². The Bertz CT molecular complexity index is 1390. The zero-order valence-electron chi connectivity index (χ0n) is 19.4. The summed E-state index contributed by atoms with van der Waals surface area (Å²) >= 11 is 6.23. The number of nitrogens with one attached hydrogen (secondary N) is 1. The molecule has 0 saturated carbocycles. The summed E-state index contributed by atoms with van der Waals surface area (Å²) in [5.74, 6) is 0.515. The molecule has 2 aromatic carbocycles. The average molecular weight is 492 g/mol. The van der Waals surface area contributed by atoms with E-state index in [1.807, 2.05) is 35.4 Å². The number of carbonyl (C=O) groups is 2. The highest BCUT2D eigenvalue weighted by molar-refractivity contribution is 6.31. The molecular formula is C26H26ClN5O3. The Balaban J connectivity index is 1.29. The smallest absolute Gasteiger partial charge is 0.338 e. The van der Waals surface area contributed by atoms with Crippen LogP contribution in [0.25, 0.3) is 16.6 Å². The predicted molar refractivity (Wildman–Crippen MR) is 138 cm³/mol. The molecule has 0 spiro atoms. The third-order valence-electron chi connectivity index (χ3n) is 6.13. The maximum Gasteiger partial charge on any atom is 0.338 e. The number of anilines is 2. The Morgan fingerprint density at radius 2 is 1.86 bits per heavy atom. The number of aromatic nitrogens is 2. The van der Waals surface area contributed by atoms with Crippen LogP contribution in [-0.2, 0) is 4.74 Å². The molecule has 1 aliphatic rings. The highest BCUT2D eigenvalue weighted by Gasteiger charge is 2.22. The van der Waals surface area contributed by atoms with Gasteiger partial charge < -0.3 is 24.3 Å². The summed E-state index contributed by atoms with van der Waals surface area (Å²) < 4.78 is 7.13. The van der Waals surface area contributed by atoms with Crippen LogP contribution in [0, 0.1) is 0 Å². The second kappa shape index (κ2) is 9.84. The quantitative estimate of drug-likeness (QED) is 0.403. The van der Waals surface area contributed by atoms with E-state index in [0.717, 1.165) is 35.3 Å². The van der Waals surface area contributed by atoms with Gasteiger partial charge in [0.15, 0.2) is 5.82 Å². The number of amides is 2. The molecule has 1 fully saturated rings. The van der Waals surface area contributed by atoms with Crippen LogP contribution in [-0.4, -0.2) is 59.1 Å². The van der Waals surface area contributed by atoms with Crippen molar-refractivity contribution in [1.29, 1.82) is 0 Å². The zero-order valence-corrected chi connectivity index (χ0v) is 20.2. The van der Waals surface area contributed by atoms with E-state index < -0.39 is 0 Å². The van der Waals surface area contributed by atoms with Crippen molar-refractivity contribution in [3.8, 4) is 0 Å². The lowest BCUT2D eigenvalue weighted by molar-refractivity contribution is 0.0526. The van der Waals surface area contributed by atoms with E-state index in [1.165, 1.54) is 0 Å². The summed E-state index contributed by atoms with van der Waals surface area (Å²) in [6.07, 6.45) is 2.85. The Kier molecular flexibility index (Phi) is 6.46. The topological polar surface area (TPSA) is 79.2 Å². The molecule has 4 aromatic rings. The van der Waals surface area contributed by atoms with Gasteiger partial charge in [0, 0.05) is 43.1 Å². The van der Waals surface area contributed by atoms with Gasteiger partial charge in [0.1, 0.15) is 0 Å². The second-order valence-electron chi connectivity index (χ2n) is 8.39. The Morgan fingerprint density at radius 3 is 2.66 bits per heavy atom. The van der Waals surface area contributed by atoms with Crippen molar-refractivity contribution in [2.24, 2.45) is 0 Å². The number of ether oxygens (including phenoxy) is 1. The lowest BCUT2D eigenvalue weighted by atomic mass is 10.2. The van der Waals surface area contributed by atoms with Crippen molar-refractivity contribution in [3.63, 3.8) is 0 Å². The standard InChI is InChI=1S/C26H26ClN5O3/c1-2-35-25(33)18-6-9-20(10-7-18)28-26(34)31-13-4-12-30(15-16-31)24-23-5-3-14-32(23)22-11-8-19(27)17-21(22)29-24/h3,5-11,14,17H,2,4,12-13,15-16H2,1H3,(H,28,34). The number of urea groups is 1. The van der Waals surface area contributed by atoms with E-state index >= 15 is 0 Å². The summed E-state index contributed by atoms with van der Waals surface area (Å²) in [5, 5.41) is 3.58. The number of rotatable bonds is 4. The number of benzene rings is 2. The Labute approximate surface area is 208 Å². The molecule has 1 aliphatic heterocycles. The van der Waals surface area contributed by atoms with Crippen molar-refractivity contribution in [3.05, 3.63) is 71.4 Å². The van der Waals surface area contributed by atoms with Crippen LogP contribution in [0.4, 0.5) is 16.3 Å². The van der Waals surface area contributed by atoms with Crippen molar-refractivity contribution in [1.82, 2.24) is 14.3 Å². The number of hydrogen-bond donors (Lipinski definition) is 1. The van der Waals surface area contributed by atoms with Gasteiger partial charge in [-0.15, -0.1) is 0 Å². The first-order valence-corrected chi connectivity index (χ1v) is 12.1. The molecule has 3 heterocycles. The number of fused-ring (bicyclic) bond motifs is 3. The summed E-state index contributed by atoms with van der Waals surface area (Å²) in [5.41, 5.74) is 3.95. The second-order valence-corrected chi connectivity index (χ2v) is 8.82. The highest BCUT2D eigenvalue weighted by Crippen LogP contribution is 2.28. The molecule has 1 N–H and O–H groups in total. The Hall–Kier alpha value is -3.78. The molecule has 0 unspecified atom stereocenters. The van der Waals surface area contributed by atoms with E-state index in [0.29, 0.717) is 42.5 Å². The molecule has 1 saturated heterocycles. The van der Waals surface area contributed by atoms with Gasteiger partial charge in [-0.2, -0.15) is 0 Å². The fourth-order valence-electron chi connectivity index (χ4n) is 4.41. The van der Waals surface area contributed by atoms with Gasteiger partial charge in [0.25, 0.3) is 0 Å². The minimum Gasteiger partial charge on any atom is -0.462 e. The van der Waals surface area contributed by atoms with E-state index in [9.17, 15) is 9.59 Å². The SMILES string of the molecule is CCOC(=O)c1ccc(NC(=O)N2CCCN(c3nc4cc(Cl)ccc4n4cccc34)CC2)cc1. The molecule has 0 radical (unpaired) electrons. The number of halogens is 1. The molecule has 2 amide bonds. The summed E-state index contributed by atoms with van der Waals surface area (Å²) in [6.45, 7) is 4.74. The maximum atomic E-state index is 12.9. The summed E-state index contributed by atoms with van der Waals surface area (Å²) in [7, 11) is 0. The van der Waals surface area contributed by atoms with Gasteiger partial charge in [-0.1, -0.05) is 11.6 Å². The molecule has 0 atom stereocenters. The zero-order chi connectivity index (χ0) is 24.4. The van der Waals surface area contributed by atoms with E-state index in [-0.39, 0.29) is 12.0 Å². The van der Waals surface area contributed by atoms with Gasteiger partial charge >= 0.3 is 12.0 Å². The van der Waals surface area contributed by atoms with Crippen molar-refractivity contribution in [2.45, 2.75) is 13.3 Å². The Morgan fingerprint density at radius 1 is 1.03 bits per heavy atom. The lowest BCUT2D eigenvalue weighted by Crippen LogP contribution is -2.38.